The van der Waals surface area contributed by atoms with E-state index in [2.05, 4.69) is 13.8 Å². The molecule has 0 amide bonds. The molecule has 0 aromatic heterocycles. The summed E-state index contributed by atoms with van der Waals surface area (Å²) >= 11 is 0. The number of rotatable bonds is 5. The van der Waals surface area contributed by atoms with E-state index in [1.165, 1.54) is 7.11 Å². The molecular weight excluding hydrogens is 147 g/mol. The highest BCUT2D eigenvalue weighted by atomic mass is 31.1. The first-order chi connectivity index (χ1) is 4.76. The Morgan fingerprint density at radius 3 is 2.40 bits per heavy atom. The molecule has 0 saturated carbocycles. The second-order valence-corrected chi connectivity index (χ2v) is 4.28. The maximum Gasteiger partial charge on any atom is 0.194 e. The molecule has 0 spiro atoms. The topological polar surface area (TPSA) is 26.3 Å². The van der Waals surface area contributed by atoms with E-state index in [4.69, 9.17) is 4.52 Å². The first kappa shape index (κ1) is 10.2. The summed E-state index contributed by atoms with van der Waals surface area (Å²) in [5, 5.41) is 0. The van der Waals surface area contributed by atoms with E-state index >= 15 is 0 Å². The van der Waals surface area contributed by atoms with Crippen LogP contribution in [0.15, 0.2) is 0 Å². The molecule has 0 N–H and O–H groups in total. The normalized spacial score (nSPS) is 16.7. The summed E-state index contributed by atoms with van der Waals surface area (Å²) < 4.78 is 15.9. The molecule has 0 aliphatic heterocycles. The molecule has 0 rings (SSSR count). The molecule has 2 unspecified atom stereocenters. The molecule has 0 heterocycles. The van der Waals surface area contributed by atoms with Gasteiger partial charge in [-0.15, -0.1) is 0 Å². The van der Waals surface area contributed by atoms with Gasteiger partial charge in [0.15, 0.2) is 8.03 Å². The van der Waals surface area contributed by atoms with Crippen LogP contribution in [0.4, 0.5) is 0 Å². The highest BCUT2D eigenvalue weighted by molar-refractivity contribution is 7.40. The summed E-state index contributed by atoms with van der Waals surface area (Å²) in [6, 6.07) is 0. The van der Waals surface area contributed by atoms with Gasteiger partial charge in [0, 0.05) is 12.8 Å². The Balaban J connectivity index is 3.68. The van der Waals surface area contributed by atoms with E-state index < -0.39 is 8.03 Å². The van der Waals surface area contributed by atoms with E-state index in [9.17, 15) is 4.57 Å². The Hall–Kier alpha value is 0.190. The standard InChI is InChI=1S/C7H17O2P/c1-4-6-7(5-2)10(8)9-3/h7,10H,4-6H2,1-3H3. The first-order valence-electron chi connectivity index (χ1n) is 3.84. The van der Waals surface area contributed by atoms with Gasteiger partial charge < -0.3 is 4.52 Å². The van der Waals surface area contributed by atoms with Gasteiger partial charge in [-0.05, 0) is 12.8 Å². The summed E-state index contributed by atoms with van der Waals surface area (Å²) in [6.07, 6.45) is 3.10. The fourth-order valence-corrected chi connectivity index (χ4v) is 2.19. The molecule has 0 bridgehead atoms. The van der Waals surface area contributed by atoms with Gasteiger partial charge in [-0.2, -0.15) is 0 Å². The Bertz CT molecular complexity index is 104. The van der Waals surface area contributed by atoms with E-state index in [1.807, 2.05) is 0 Å². The third-order valence-electron chi connectivity index (χ3n) is 1.66. The molecule has 2 nitrogen and oxygen atoms in total. The minimum absolute atomic E-state index is 0.306. The number of hydrogen-bond acceptors (Lipinski definition) is 2. The Labute approximate surface area is 63.8 Å². The maximum atomic E-state index is 11.1. The van der Waals surface area contributed by atoms with Crippen molar-refractivity contribution in [3.8, 4) is 0 Å². The lowest BCUT2D eigenvalue weighted by molar-refractivity contribution is 0.400. The second-order valence-electron chi connectivity index (χ2n) is 2.42. The minimum atomic E-state index is -1.73. The molecular formula is C7H17O2P. The van der Waals surface area contributed by atoms with Gasteiger partial charge in [0.1, 0.15) is 0 Å². The average Bonchev–Trinajstić information content (AvgIpc) is 1.99. The molecule has 62 valence electrons. The predicted molar refractivity (Wildman–Crippen MR) is 45.0 cm³/mol. The van der Waals surface area contributed by atoms with Crippen LogP contribution in [0, 0.1) is 0 Å². The minimum Gasteiger partial charge on any atom is -0.334 e. The van der Waals surface area contributed by atoms with Crippen LogP contribution in [0.2, 0.25) is 0 Å². The third-order valence-corrected chi connectivity index (χ3v) is 3.43. The SMILES string of the molecule is CCCC(CC)[PH](=O)OC. The quantitative estimate of drug-likeness (QED) is 0.584. The molecule has 0 saturated heterocycles. The van der Waals surface area contributed by atoms with Gasteiger partial charge in [-0.3, -0.25) is 4.57 Å². The number of hydrogen-bond donors (Lipinski definition) is 0. The molecule has 10 heavy (non-hydrogen) atoms. The van der Waals surface area contributed by atoms with Crippen molar-refractivity contribution in [2.24, 2.45) is 0 Å². The van der Waals surface area contributed by atoms with E-state index in [0.29, 0.717) is 5.66 Å². The van der Waals surface area contributed by atoms with E-state index in [-0.39, 0.29) is 0 Å². The molecule has 3 heteroatoms. The molecule has 0 aromatic rings. The highest BCUT2D eigenvalue weighted by Crippen LogP contribution is 2.33. The summed E-state index contributed by atoms with van der Waals surface area (Å²) in [5.74, 6) is 0. The molecule has 0 fully saturated rings. The van der Waals surface area contributed by atoms with Gasteiger partial charge in [0.05, 0.1) is 0 Å². The van der Waals surface area contributed by atoms with Crippen LogP contribution in [0.5, 0.6) is 0 Å². The molecule has 2 atom stereocenters. The monoisotopic (exact) mass is 164 g/mol. The lowest BCUT2D eigenvalue weighted by atomic mass is 10.2. The third kappa shape index (κ3) is 3.38. The Morgan fingerprint density at radius 1 is 1.50 bits per heavy atom. The van der Waals surface area contributed by atoms with Crippen LogP contribution in [-0.2, 0) is 9.09 Å². The summed E-state index contributed by atoms with van der Waals surface area (Å²) in [7, 11) is -0.203. The largest absolute Gasteiger partial charge is 0.334 e. The van der Waals surface area contributed by atoms with Crippen LogP contribution in [0.1, 0.15) is 33.1 Å². The van der Waals surface area contributed by atoms with Gasteiger partial charge >= 0.3 is 0 Å². The van der Waals surface area contributed by atoms with E-state index in [0.717, 1.165) is 19.3 Å². The smallest absolute Gasteiger partial charge is 0.194 e. The van der Waals surface area contributed by atoms with Gasteiger partial charge in [0.25, 0.3) is 0 Å². The van der Waals surface area contributed by atoms with Gasteiger partial charge in [-0.25, -0.2) is 0 Å². The van der Waals surface area contributed by atoms with Crippen molar-refractivity contribution in [2.45, 2.75) is 38.8 Å². The fraction of sp³-hybridized carbons (Fsp3) is 1.00. The average molecular weight is 164 g/mol. The van der Waals surface area contributed by atoms with Crippen molar-refractivity contribution in [1.82, 2.24) is 0 Å². The predicted octanol–water partition coefficient (Wildman–Crippen LogP) is 2.69. The second kappa shape index (κ2) is 5.94. The summed E-state index contributed by atoms with van der Waals surface area (Å²) in [6.45, 7) is 4.16. The summed E-state index contributed by atoms with van der Waals surface area (Å²) in [5.41, 5.74) is 0.306. The zero-order valence-electron chi connectivity index (χ0n) is 7.02. The van der Waals surface area contributed by atoms with Crippen LogP contribution < -0.4 is 0 Å². The Morgan fingerprint density at radius 2 is 2.10 bits per heavy atom. The van der Waals surface area contributed by atoms with Gasteiger partial charge in [0.2, 0.25) is 0 Å². The molecule has 0 radical (unpaired) electrons. The maximum absolute atomic E-state index is 11.1. The van der Waals surface area contributed by atoms with Crippen LogP contribution in [0.25, 0.3) is 0 Å². The van der Waals surface area contributed by atoms with Crippen molar-refractivity contribution in [1.29, 1.82) is 0 Å². The first-order valence-corrected chi connectivity index (χ1v) is 5.23. The van der Waals surface area contributed by atoms with Crippen LogP contribution in [-0.4, -0.2) is 12.8 Å². The Kier molecular flexibility index (Phi) is 6.05. The molecule has 0 aliphatic carbocycles. The van der Waals surface area contributed by atoms with Crippen molar-refractivity contribution in [3.05, 3.63) is 0 Å². The van der Waals surface area contributed by atoms with Crippen molar-refractivity contribution < 1.29 is 9.09 Å². The fourth-order valence-electron chi connectivity index (χ4n) is 1.00. The van der Waals surface area contributed by atoms with Crippen LogP contribution in [0.3, 0.4) is 0 Å². The molecule has 0 aliphatic rings. The lowest BCUT2D eigenvalue weighted by Gasteiger charge is -2.10. The van der Waals surface area contributed by atoms with Crippen molar-refractivity contribution >= 4 is 8.03 Å². The zero-order chi connectivity index (χ0) is 7.98. The lowest BCUT2D eigenvalue weighted by Crippen LogP contribution is -1.99. The zero-order valence-corrected chi connectivity index (χ0v) is 8.02. The summed E-state index contributed by atoms with van der Waals surface area (Å²) in [4.78, 5) is 0. The van der Waals surface area contributed by atoms with E-state index in [1.54, 1.807) is 0 Å². The highest BCUT2D eigenvalue weighted by Gasteiger charge is 2.11. The molecule has 0 aromatic carbocycles. The van der Waals surface area contributed by atoms with Gasteiger partial charge in [-0.1, -0.05) is 20.3 Å². The van der Waals surface area contributed by atoms with Crippen LogP contribution >= 0.6 is 8.03 Å². The van der Waals surface area contributed by atoms with Crippen molar-refractivity contribution in [2.75, 3.05) is 7.11 Å². The van der Waals surface area contributed by atoms with Crippen molar-refractivity contribution in [3.63, 3.8) is 0 Å².